The van der Waals surface area contributed by atoms with Gasteiger partial charge in [0.05, 0.1) is 6.26 Å². The third-order valence-corrected chi connectivity index (χ3v) is 4.88. The number of benzene rings is 2. The maximum atomic E-state index is 12.8. The highest BCUT2D eigenvalue weighted by molar-refractivity contribution is 5.99. The molecule has 2 heterocycles. The van der Waals surface area contributed by atoms with Gasteiger partial charge in [-0.15, -0.1) is 0 Å². The van der Waals surface area contributed by atoms with Crippen LogP contribution in [-0.4, -0.2) is 35.3 Å². The normalized spacial score (nSPS) is 11.7. The Hall–Kier alpha value is -4.13. The molecule has 7 nitrogen and oxygen atoms in total. The van der Waals surface area contributed by atoms with Crippen molar-refractivity contribution in [3.05, 3.63) is 96.1 Å². The third kappa shape index (κ3) is 4.72. The number of ether oxygens (including phenoxy) is 1. The number of H-pyrrole nitrogens is 1. The summed E-state index contributed by atoms with van der Waals surface area (Å²) in [6.07, 6.45) is 3.36. The van der Waals surface area contributed by atoms with Crippen LogP contribution in [0.3, 0.4) is 0 Å². The van der Waals surface area contributed by atoms with Gasteiger partial charge in [-0.1, -0.05) is 48.5 Å². The fraction of sp³-hybridized carbons (Fsp3) is 0.125. The van der Waals surface area contributed by atoms with Crippen LogP contribution >= 0.6 is 0 Å². The standard InChI is InChI=1S/C24H20N2O5/c27-21(16-7-2-1-3-8-16)15-31-24(29)20(26-23(28)22-11-6-12-30-22)13-17-14-25-19-10-5-4-9-18(17)19/h1-12,14,20,25H,13,15H2,(H,26,28)/t20-/m1/s1. The molecule has 2 aromatic heterocycles. The van der Waals surface area contributed by atoms with Crippen molar-refractivity contribution in [3.63, 3.8) is 0 Å². The second kappa shape index (κ2) is 9.13. The Balaban J connectivity index is 1.50. The first-order valence-electron chi connectivity index (χ1n) is 9.76. The minimum atomic E-state index is -1.000. The Morgan fingerprint density at radius 3 is 2.52 bits per heavy atom. The van der Waals surface area contributed by atoms with E-state index in [0.717, 1.165) is 16.5 Å². The molecule has 1 atom stereocenters. The van der Waals surface area contributed by atoms with Crippen molar-refractivity contribution in [3.8, 4) is 0 Å². The highest BCUT2D eigenvalue weighted by atomic mass is 16.5. The summed E-state index contributed by atoms with van der Waals surface area (Å²) in [5.74, 6) is -1.48. The zero-order chi connectivity index (χ0) is 21.6. The molecule has 156 valence electrons. The molecule has 4 aromatic rings. The molecular weight excluding hydrogens is 396 g/mol. The van der Waals surface area contributed by atoms with Gasteiger partial charge in [-0.05, 0) is 23.8 Å². The molecule has 0 aliphatic heterocycles. The molecular formula is C24H20N2O5. The molecule has 0 radical (unpaired) electrons. The fourth-order valence-corrected chi connectivity index (χ4v) is 3.30. The number of hydrogen-bond acceptors (Lipinski definition) is 5. The van der Waals surface area contributed by atoms with Crippen LogP contribution in [0.4, 0.5) is 0 Å². The lowest BCUT2D eigenvalue weighted by atomic mass is 10.0. The maximum Gasteiger partial charge on any atom is 0.329 e. The second-order valence-electron chi connectivity index (χ2n) is 6.96. The van der Waals surface area contributed by atoms with Crippen LogP contribution in [0.15, 0.2) is 83.6 Å². The molecule has 0 aliphatic rings. The SMILES string of the molecule is O=C(COC(=O)[C@@H](Cc1c[nH]c2ccccc12)NC(=O)c1ccco1)c1ccccc1. The number of ketones is 1. The van der Waals surface area contributed by atoms with Crippen molar-refractivity contribution in [2.45, 2.75) is 12.5 Å². The van der Waals surface area contributed by atoms with E-state index < -0.39 is 24.5 Å². The van der Waals surface area contributed by atoms with Crippen LogP contribution < -0.4 is 5.32 Å². The summed E-state index contributed by atoms with van der Waals surface area (Å²) in [6, 6.07) is 18.3. The molecule has 2 aromatic carbocycles. The number of esters is 1. The predicted octanol–water partition coefficient (Wildman–Crippen LogP) is 3.53. The van der Waals surface area contributed by atoms with E-state index in [4.69, 9.17) is 9.15 Å². The van der Waals surface area contributed by atoms with Gasteiger partial charge in [0, 0.05) is 29.1 Å². The zero-order valence-corrected chi connectivity index (χ0v) is 16.5. The van der Waals surface area contributed by atoms with Crippen LogP contribution in [0.1, 0.15) is 26.5 Å². The van der Waals surface area contributed by atoms with E-state index in [9.17, 15) is 14.4 Å². The molecule has 4 rings (SSSR count). The van der Waals surface area contributed by atoms with Crippen LogP contribution in [-0.2, 0) is 16.0 Å². The third-order valence-electron chi connectivity index (χ3n) is 4.88. The summed E-state index contributed by atoms with van der Waals surface area (Å²) in [7, 11) is 0. The Morgan fingerprint density at radius 2 is 1.74 bits per heavy atom. The Morgan fingerprint density at radius 1 is 0.968 bits per heavy atom. The van der Waals surface area contributed by atoms with Gasteiger partial charge < -0.3 is 19.5 Å². The van der Waals surface area contributed by atoms with Gasteiger partial charge in [0.25, 0.3) is 5.91 Å². The number of carbonyl (C=O) groups excluding carboxylic acids is 3. The average molecular weight is 416 g/mol. The van der Waals surface area contributed by atoms with Gasteiger partial charge in [-0.25, -0.2) is 4.79 Å². The number of furan rings is 1. The average Bonchev–Trinajstić information content (AvgIpc) is 3.48. The molecule has 0 saturated carbocycles. The number of aromatic nitrogens is 1. The summed E-state index contributed by atoms with van der Waals surface area (Å²) in [4.78, 5) is 40.7. The van der Waals surface area contributed by atoms with Gasteiger partial charge in [0.15, 0.2) is 18.2 Å². The monoisotopic (exact) mass is 416 g/mol. The van der Waals surface area contributed by atoms with E-state index in [0.29, 0.717) is 5.56 Å². The molecule has 0 spiro atoms. The number of fused-ring (bicyclic) bond motifs is 1. The number of aromatic amines is 1. The minimum absolute atomic E-state index is 0.0806. The fourth-order valence-electron chi connectivity index (χ4n) is 3.30. The molecule has 0 fully saturated rings. The molecule has 7 heteroatoms. The predicted molar refractivity (Wildman–Crippen MR) is 114 cm³/mol. The second-order valence-corrected chi connectivity index (χ2v) is 6.96. The number of carbonyl (C=O) groups is 3. The molecule has 31 heavy (non-hydrogen) atoms. The first-order chi connectivity index (χ1) is 15.1. The summed E-state index contributed by atoms with van der Waals surface area (Å²) < 4.78 is 10.4. The molecule has 0 aliphatic carbocycles. The van der Waals surface area contributed by atoms with Crippen LogP contribution in [0.5, 0.6) is 0 Å². The molecule has 0 bridgehead atoms. The Labute approximate surface area is 178 Å². The van der Waals surface area contributed by atoms with Crippen molar-refractivity contribution in [1.29, 1.82) is 0 Å². The van der Waals surface area contributed by atoms with Crippen LogP contribution in [0.2, 0.25) is 0 Å². The topological polar surface area (TPSA) is 101 Å². The minimum Gasteiger partial charge on any atom is -0.459 e. The van der Waals surface area contributed by atoms with E-state index >= 15 is 0 Å². The van der Waals surface area contributed by atoms with Crippen LogP contribution in [0, 0.1) is 0 Å². The molecule has 1 amide bonds. The van der Waals surface area contributed by atoms with Crippen LogP contribution in [0.25, 0.3) is 10.9 Å². The number of amides is 1. The van der Waals surface area contributed by atoms with E-state index in [1.54, 1.807) is 42.6 Å². The van der Waals surface area contributed by atoms with Crippen molar-refractivity contribution in [2.75, 3.05) is 6.61 Å². The van der Waals surface area contributed by atoms with Crippen molar-refractivity contribution < 1.29 is 23.5 Å². The number of Topliss-reactive ketones (excluding diaryl/α,β-unsaturated/α-hetero) is 1. The lowest BCUT2D eigenvalue weighted by Crippen LogP contribution is -2.43. The first kappa shape index (κ1) is 20.2. The molecule has 0 unspecified atom stereocenters. The van der Waals surface area contributed by atoms with Gasteiger partial charge in [-0.3, -0.25) is 9.59 Å². The quantitative estimate of drug-likeness (QED) is 0.338. The van der Waals surface area contributed by atoms with Crippen molar-refractivity contribution in [2.24, 2.45) is 0 Å². The van der Waals surface area contributed by atoms with E-state index in [2.05, 4.69) is 10.3 Å². The first-order valence-corrected chi connectivity index (χ1v) is 9.76. The number of rotatable bonds is 8. The van der Waals surface area contributed by atoms with Gasteiger partial charge >= 0.3 is 5.97 Å². The largest absolute Gasteiger partial charge is 0.459 e. The van der Waals surface area contributed by atoms with Gasteiger partial charge in [-0.2, -0.15) is 0 Å². The van der Waals surface area contributed by atoms with Crippen molar-refractivity contribution >= 4 is 28.6 Å². The van der Waals surface area contributed by atoms with E-state index in [1.807, 2.05) is 24.3 Å². The van der Waals surface area contributed by atoms with Gasteiger partial charge in [0.1, 0.15) is 6.04 Å². The number of nitrogens with one attached hydrogen (secondary N) is 2. The lowest BCUT2D eigenvalue weighted by Gasteiger charge is -2.17. The molecule has 2 N–H and O–H groups in total. The van der Waals surface area contributed by atoms with Gasteiger partial charge in [0.2, 0.25) is 0 Å². The number of hydrogen-bond donors (Lipinski definition) is 2. The molecule has 0 saturated heterocycles. The highest BCUT2D eigenvalue weighted by Gasteiger charge is 2.26. The maximum absolute atomic E-state index is 12.8. The summed E-state index contributed by atoms with van der Waals surface area (Å²) in [5.41, 5.74) is 2.20. The smallest absolute Gasteiger partial charge is 0.329 e. The summed E-state index contributed by atoms with van der Waals surface area (Å²) in [5, 5.41) is 3.59. The Bertz CT molecular complexity index is 1200. The van der Waals surface area contributed by atoms with E-state index in [-0.39, 0.29) is 18.0 Å². The highest BCUT2D eigenvalue weighted by Crippen LogP contribution is 2.19. The zero-order valence-electron chi connectivity index (χ0n) is 16.5. The number of para-hydroxylation sites is 1. The Kier molecular flexibility index (Phi) is 5.93. The summed E-state index contributed by atoms with van der Waals surface area (Å²) >= 11 is 0. The lowest BCUT2D eigenvalue weighted by molar-refractivity contribution is -0.144. The summed E-state index contributed by atoms with van der Waals surface area (Å²) in [6.45, 7) is -0.413. The van der Waals surface area contributed by atoms with E-state index in [1.165, 1.54) is 12.3 Å². The van der Waals surface area contributed by atoms with Crippen molar-refractivity contribution in [1.82, 2.24) is 10.3 Å².